The molecule has 0 amide bonds. The van der Waals surface area contributed by atoms with Crippen LogP contribution in [0.3, 0.4) is 0 Å². The summed E-state index contributed by atoms with van der Waals surface area (Å²) in [5.41, 5.74) is 7.86. The first kappa shape index (κ1) is 18.0. The van der Waals surface area contributed by atoms with Gasteiger partial charge in [0.15, 0.2) is 0 Å². The van der Waals surface area contributed by atoms with Gasteiger partial charge in [-0.1, -0.05) is 92.2 Å². The number of allylic oxidation sites excluding steroid dienone is 5. The van der Waals surface area contributed by atoms with Crippen molar-refractivity contribution in [2.45, 2.75) is 40.5 Å². The molecule has 0 N–H and O–H groups in total. The van der Waals surface area contributed by atoms with E-state index in [1.807, 2.05) is 0 Å². The summed E-state index contributed by atoms with van der Waals surface area (Å²) < 4.78 is 0. The lowest BCUT2D eigenvalue weighted by Crippen LogP contribution is -1.89. The summed E-state index contributed by atoms with van der Waals surface area (Å²) >= 11 is 0. The molecule has 0 aliphatic heterocycles. The number of hydrogen-bond donors (Lipinski definition) is 0. The molecule has 0 aliphatic carbocycles. The van der Waals surface area contributed by atoms with Crippen LogP contribution in [0.2, 0.25) is 0 Å². The molecule has 2 aromatic rings. The van der Waals surface area contributed by atoms with Crippen LogP contribution in [-0.4, -0.2) is 0 Å². The van der Waals surface area contributed by atoms with Crippen LogP contribution in [0.5, 0.6) is 0 Å². The average Bonchev–Trinajstić information content (AvgIpc) is 2.56. The minimum atomic E-state index is 0.580. The van der Waals surface area contributed by atoms with Crippen LogP contribution in [-0.2, 0) is 0 Å². The normalized spacial score (nSPS) is 12.0. The van der Waals surface area contributed by atoms with E-state index in [0.717, 1.165) is 0 Å². The van der Waals surface area contributed by atoms with Gasteiger partial charge in [0.1, 0.15) is 0 Å². The SMILES string of the molecule is CC(=CC=Cc1ccc(C(C)C)cc1)C(=C(C)C)c1ccccc1. The van der Waals surface area contributed by atoms with Crippen molar-refractivity contribution in [1.82, 2.24) is 0 Å². The lowest BCUT2D eigenvalue weighted by molar-refractivity contribution is 0.866. The molecule has 0 heterocycles. The van der Waals surface area contributed by atoms with Crippen molar-refractivity contribution in [2.24, 2.45) is 0 Å². The highest BCUT2D eigenvalue weighted by atomic mass is 14.1. The van der Waals surface area contributed by atoms with Crippen LogP contribution < -0.4 is 0 Å². The highest BCUT2D eigenvalue weighted by molar-refractivity contribution is 5.81. The summed E-state index contributed by atoms with van der Waals surface area (Å²) in [7, 11) is 0. The zero-order valence-electron chi connectivity index (χ0n) is 15.5. The first-order valence-corrected chi connectivity index (χ1v) is 8.67. The smallest absolute Gasteiger partial charge is 0.0168 e. The molecule has 0 atom stereocenters. The third-order valence-corrected chi connectivity index (χ3v) is 4.19. The Hall–Kier alpha value is -2.34. The maximum Gasteiger partial charge on any atom is -0.0168 e. The second kappa shape index (κ2) is 8.49. The van der Waals surface area contributed by atoms with E-state index in [4.69, 9.17) is 0 Å². The molecule has 0 unspecified atom stereocenters. The van der Waals surface area contributed by atoms with E-state index in [-0.39, 0.29) is 0 Å². The minimum absolute atomic E-state index is 0.580. The van der Waals surface area contributed by atoms with Gasteiger partial charge >= 0.3 is 0 Å². The number of rotatable bonds is 5. The van der Waals surface area contributed by atoms with Gasteiger partial charge in [-0.3, -0.25) is 0 Å². The van der Waals surface area contributed by atoms with Gasteiger partial charge in [-0.2, -0.15) is 0 Å². The maximum atomic E-state index is 2.22. The summed E-state index contributed by atoms with van der Waals surface area (Å²) in [6.07, 6.45) is 6.51. The minimum Gasteiger partial charge on any atom is -0.0683 e. The van der Waals surface area contributed by atoms with E-state index >= 15 is 0 Å². The summed E-state index contributed by atoms with van der Waals surface area (Å²) in [4.78, 5) is 0. The Balaban J connectivity index is 2.19. The van der Waals surface area contributed by atoms with Crippen LogP contribution in [0, 0.1) is 0 Å². The van der Waals surface area contributed by atoms with Crippen LogP contribution in [0.4, 0.5) is 0 Å². The Bertz CT molecular complexity index is 734. The van der Waals surface area contributed by atoms with Crippen LogP contribution in [0.25, 0.3) is 11.6 Å². The summed E-state index contributed by atoms with van der Waals surface area (Å²) in [5, 5.41) is 0. The van der Waals surface area contributed by atoms with Gasteiger partial charge in [0.2, 0.25) is 0 Å². The van der Waals surface area contributed by atoms with E-state index < -0.39 is 0 Å². The molecule has 0 heteroatoms. The Kier molecular flexibility index (Phi) is 6.37. The van der Waals surface area contributed by atoms with E-state index in [0.29, 0.717) is 5.92 Å². The monoisotopic (exact) mass is 316 g/mol. The molecular formula is C24H28. The first-order valence-electron chi connectivity index (χ1n) is 8.67. The molecule has 24 heavy (non-hydrogen) atoms. The zero-order chi connectivity index (χ0) is 17.5. The molecule has 0 spiro atoms. The molecule has 0 radical (unpaired) electrons. The van der Waals surface area contributed by atoms with Gasteiger partial charge in [0.05, 0.1) is 0 Å². The Morgan fingerprint density at radius 1 is 0.833 bits per heavy atom. The first-order chi connectivity index (χ1) is 11.5. The Morgan fingerprint density at radius 2 is 1.46 bits per heavy atom. The molecule has 0 bridgehead atoms. The van der Waals surface area contributed by atoms with Crippen molar-refractivity contribution in [1.29, 1.82) is 0 Å². The van der Waals surface area contributed by atoms with Crippen LogP contribution >= 0.6 is 0 Å². The van der Waals surface area contributed by atoms with Gasteiger partial charge in [-0.05, 0) is 54.5 Å². The van der Waals surface area contributed by atoms with Crippen molar-refractivity contribution in [2.75, 3.05) is 0 Å². The van der Waals surface area contributed by atoms with Gasteiger partial charge < -0.3 is 0 Å². The van der Waals surface area contributed by atoms with Crippen molar-refractivity contribution >= 4 is 11.6 Å². The van der Waals surface area contributed by atoms with Gasteiger partial charge in [0, 0.05) is 0 Å². The zero-order valence-corrected chi connectivity index (χ0v) is 15.5. The lowest BCUT2D eigenvalue weighted by atomic mass is 9.94. The molecule has 0 saturated heterocycles. The maximum absolute atomic E-state index is 2.22. The standard InChI is InChI=1S/C24H28/c1-18(2)22-16-14-21(15-17-22)11-9-10-20(5)24(19(3)4)23-12-7-6-8-13-23/h6-18H,1-5H3. The third kappa shape index (κ3) is 4.83. The van der Waals surface area contributed by atoms with E-state index in [9.17, 15) is 0 Å². The third-order valence-electron chi connectivity index (χ3n) is 4.19. The predicted octanol–water partition coefficient (Wildman–Crippen LogP) is 7.26. The average molecular weight is 316 g/mol. The van der Waals surface area contributed by atoms with E-state index in [1.165, 1.54) is 33.4 Å². The molecule has 2 aromatic carbocycles. The number of benzene rings is 2. The van der Waals surface area contributed by atoms with Crippen molar-refractivity contribution in [3.63, 3.8) is 0 Å². The molecule has 2 rings (SSSR count). The number of hydrogen-bond acceptors (Lipinski definition) is 0. The highest BCUT2D eigenvalue weighted by Gasteiger charge is 2.04. The fourth-order valence-corrected chi connectivity index (χ4v) is 2.89. The summed E-state index contributed by atoms with van der Waals surface area (Å²) in [5.74, 6) is 0.580. The Morgan fingerprint density at radius 3 is 2.00 bits per heavy atom. The second-order valence-electron chi connectivity index (χ2n) is 6.77. The summed E-state index contributed by atoms with van der Waals surface area (Å²) in [6, 6.07) is 19.4. The predicted molar refractivity (Wildman–Crippen MR) is 108 cm³/mol. The fourth-order valence-electron chi connectivity index (χ4n) is 2.89. The topological polar surface area (TPSA) is 0 Å². The van der Waals surface area contributed by atoms with Crippen molar-refractivity contribution < 1.29 is 0 Å². The molecule has 0 saturated carbocycles. The largest absolute Gasteiger partial charge is 0.0683 e. The highest BCUT2D eigenvalue weighted by Crippen LogP contribution is 2.26. The Labute approximate surface area is 147 Å². The van der Waals surface area contributed by atoms with Crippen LogP contribution in [0.1, 0.15) is 57.2 Å². The van der Waals surface area contributed by atoms with Gasteiger partial charge in [0.25, 0.3) is 0 Å². The van der Waals surface area contributed by atoms with Crippen molar-refractivity contribution in [3.8, 4) is 0 Å². The molecular weight excluding hydrogens is 288 g/mol. The molecule has 124 valence electrons. The molecule has 0 fully saturated rings. The van der Waals surface area contributed by atoms with E-state index in [1.54, 1.807) is 0 Å². The molecule has 0 aromatic heterocycles. The van der Waals surface area contributed by atoms with Gasteiger partial charge in [-0.15, -0.1) is 0 Å². The summed E-state index contributed by atoms with van der Waals surface area (Å²) in [6.45, 7) is 11.0. The van der Waals surface area contributed by atoms with Crippen molar-refractivity contribution in [3.05, 3.63) is 94.6 Å². The van der Waals surface area contributed by atoms with Gasteiger partial charge in [-0.25, -0.2) is 0 Å². The second-order valence-corrected chi connectivity index (χ2v) is 6.77. The van der Waals surface area contributed by atoms with E-state index in [2.05, 4.69) is 107 Å². The quantitative estimate of drug-likeness (QED) is 0.509. The fraction of sp³-hybridized carbons (Fsp3) is 0.250. The molecule has 0 nitrogen and oxygen atoms in total. The molecule has 0 aliphatic rings. The van der Waals surface area contributed by atoms with Crippen LogP contribution in [0.15, 0.2) is 77.9 Å². The lowest BCUT2D eigenvalue weighted by Gasteiger charge is -2.10.